The van der Waals surface area contributed by atoms with Gasteiger partial charge in [0.2, 0.25) is 15.9 Å². The van der Waals surface area contributed by atoms with E-state index in [1.807, 2.05) is 4.90 Å². The number of rotatable bonds is 5. The normalized spacial score (nSPS) is 21.0. The van der Waals surface area contributed by atoms with Crippen molar-refractivity contribution in [2.75, 3.05) is 32.8 Å². The van der Waals surface area contributed by atoms with Crippen LogP contribution in [0.15, 0.2) is 4.90 Å². The van der Waals surface area contributed by atoms with Crippen LogP contribution in [-0.2, 0) is 26.6 Å². The van der Waals surface area contributed by atoms with E-state index < -0.39 is 16.0 Å². The molecule has 2 fully saturated rings. The van der Waals surface area contributed by atoms with Crippen LogP contribution >= 0.6 is 0 Å². The van der Waals surface area contributed by atoms with Gasteiger partial charge < -0.3 is 14.2 Å². The van der Waals surface area contributed by atoms with E-state index in [-0.39, 0.29) is 35.4 Å². The summed E-state index contributed by atoms with van der Waals surface area (Å²) >= 11 is 0. The van der Waals surface area contributed by atoms with Crippen LogP contribution in [-0.4, -0.2) is 66.9 Å². The smallest absolute Gasteiger partial charge is 0.341 e. The van der Waals surface area contributed by atoms with Gasteiger partial charge in [-0.05, 0) is 46.5 Å². The topological polar surface area (TPSA) is 88.9 Å². The number of hydrogen-bond donors (Lipinski definition) is 0. The van der Waals surface area contributed by atoms with E-state index in [9.17, 15) is 18.0 Å². The van der Waals surface area contributed by atoms with Gasteiger partial charge in [0.15, 0.2) is 0 Å². The number of sulfonamides is 1. The summed E-state index contributed by atoms with van der Waals surface area (Å²) in [7, 11) is -2.21. The molecule has 2 aliphatic rings. The minimum absolute atomic E-state index is 0.00817. The van der Waals surface area contributed by atoms with Gasteiger partial charge in [-0.15, -0.1) is 0 Å². The third kappa shape index (κ3) is 4.67. The van der Waals surface area contributed by atoms with Gasteiger partial charge in [0.25, 0.3) is 0 Å². The van der Waals surface area contributed by atoms with Crippen LogP contribution in [0.1, 0.15) is 67.2 Å². The summed E-state index contributed by atoms with van der Waals surface area (Å²) in [6.07, 6.45) is 5.61. The predicted octanol–water partition coefficient (Wildman–Crippen LogP) is 2.62. The summed E-state index contributed by atoms with van der Waals surface area (Å²) in [5.74, 6) is -0.900. The molecule has 0 spiro atoms. The van der Waals surface area contributed by atoms with Gasteiger partial charge in [0, 0.05) is 44.6 Å². The lowest BCUT2D eigenvalue weighted by Gasteiger charge is -2.34. The maximum atomic E-state index is 13.7. The number of likely N-dealkylation sites (tertiary alicyclic amines) is 1. The molecule has 3 rings (SSSR count). The highest BCUT2D eigenvalue weighted by Gasteiger charge is 2.39. The number of carbonyl (C=O) groups excluding carboxylic acids is 2. The number of piperidine rings is 1. The highest BCUT2D eigenvalue weighted by Crippen LogP contribution is 2.32. The SMILES string of the molecule is CCOC(=O)c1c(S(=O)(=O)N2CCCC(C(=O)N3CCCCCC3)C2)c(C)n(C)c1C. The van der Waals surface area contributed by atoms with E-state index >= 15 is 0 Å². The van der Waals surface area contributed by atoms with E-state index in [4.69, 9.17) is 4.74 Å². The van der Waals surface area contributed by atoms with E-state index in [0.29, 0.717) is 30.8 Å². The average Bonchev–Trinajstić information content (AvgIpc) is 2.94. The number of nitrogens with zero attached hydrogens (tertiary/aromatic N) is 3. The van der Waals surface area contributed by atoms with Crippen molar-refractivity contribution in [2.24, 2.45) is 13.0 Å². The van der Waals surface area contributed by atoms with E-state index in [0.717, 1.165) is 38.8 Å². The average molecular weight is 454 g/mol. The number of esters is 1. The second kappa shape index (κ2) is 9.73. The summed E-state index contributed by atoms with van der Waals surface area (Å²) in [6.45, 7) is 7.31. The highest BCUT2D eigenvalue weighted by atomic mass is 32.2. The largest absolute Gasteiger partial charge is 0.462 e. The van der Waals surface area contributed by atoms with Gasteiger partial charge in [0.05, 0.1) is 12.5 Å². The number of amides is 1. The highest BCUT2D eigenvalue weighted by molar-refractivity contribution is 7.89. The van der Waals surface area contributed by atoms with Crippen LogP contribution in [0.25, 0.3) is 0 Å². The van der Waals surface area contributed by atoms with Crippen molar-refractivity contribution >= 4 is 21.9 Å². The number of ether oxygens (including phenoxy) is 1. The number of hydrogen-bond acceptors (Lipinski definition) is 5. The fourth-order valence-corrected chi connectivity index (χ4v) is 6.72. The van der Waals surface area contributed by atoms with Gasteiger partial charge >= 0.3 is 5.97 Å². The lowest BCUT2D eigenvalue weighted by Crippen LogP contribution is -2.47. The molecule has 2 saturated heterocycles. The maximum Gasteiger partial charge on any atom is 0.341 e. The third-order valence-electron chi connectivity index (χ3n) is 6.65. The van der Waals surface area contributed by atoms with Crippen molar-refractivity contribution in [3.05, 3.63) is 17.0 Å². The zero-order valence-electron chi connectivity index (χ0n) is 19.1. The van der Waals surface area contributed by atoms with Crippen molar-refractivity contribution in [3.63, 3.8) is 0 Å². The first kappa shape index (κ1) is 23.8. The van der Waals surface area contributed by atoms with E-state index in [1.165, 1.54) is 4.31 Å². The lowest BCUT2D eigenvalue weighted by molar-refractivity contribution is -0.136. The summed E-state index contributed by atoms with van der Waals surface area (Å²) in [4.78, 5) is 27.7. The Bertz CT molecular complexity index is 929. The zero-order chi connectivity index (χ0) is 22.8. The predicted molar refractivity (Wildman–Crippen MR) is 117 cm³/mol. The molecule has 0 aromatic carbocycles. The molecule has 1 unspecified atom stereocenters. The fourth-order valence-electron chi connectivity index (χ4n) is 4.72. The van der Waals surface area contributed by atoms with Gasteiger partial charge in [-0.1, -0.05) is 12.8 Å². The van der Waals surface area contributed by atoms with Gasteiger partial charge in [-0.3, -0.25) is 4.79 Å². The summed E-state index contributed by atoms with van der Waals surface area (Å²) in [6, 6.07) is 0. The summed E-state index contributed by atoms with van der Waals surface area (Å²) in [5, 5.41) is 0. The Morgan fingerprint density at radius 2 is 1.65 bits per heavy atom. The number of aromatic nitrogens is 1. The molecule has 1 amide bonds. The zero-order valence-corrected chi connectivity index (χ0v) is 20.0. The molecular formula is C22H35N3O5S. The van der Waals surface area contributed by atoms with Gasteiger partial charge in [-0.25, -0.2) is 13.2 Å². The first-order valence-electron chi connectivity index (χ1n) is 11.3. The van der Waals surface area contributed by atoms with Crippen molar-refractivity contribution in [3.8, 4) is 0 Å². The van der Waals surface area contributed by atoms with Crippen molar-refractivity contribution in [1.29, 1.82) is 0 Å². The first-order valence-corrected chi connectivity index (χ1v) is 12.8. The minimum atomic E-state index is -3.95. The molecule has 8 nitrogen and oxygen atoms in total. The Labute approximate surface area is 185 Å². The van der Waals surface area contributed by atoms with E-state index in [1.54, 1.807) is 32.4 Å². The molecule has 1 aromatic heterocycles. The van der Waals surface area contributed by atoms with Crippen LogP contribution in [0.2, 0.25) is 0 Å². The van der Waals surface area contributed by atoms with Crippen LogP contribution < -0.4 is 0 Å². The van der Waals surface area contributed by atoms with Crippen LogP contribution in [0.3, 0.4) is 0 Å². The molecule has 0 radical (unpaired) electrons. The quantitative estimate of drug-likeness (QED) is 0.640. The maximum absolute atomic E-state index is 13.7. The summed E-state index contributed by atoms with van der Waals surface area (Å²) < 4.78 is 35.6. The molecule has 31 heavy (non-hydrogen) atoms. The van der Waals surface area contributed by atoms with E-state index in [2.05, 4.69) is 0 Å². The number of carbonyl (C=O) groups is 2. The summed E-state index contributed by atoms with van der Waals surface area (Å²) in [5.41, 5.74) is 1.16. The van der Waals surface area contributed by atoms with Gasteiger partial charge in [-0.2, -0.15) is 4.31 Å². The van der Waals surface area contributed by atoms with Gasteiger partial charge in [0.1, 0.15) is 10.5 Å². The third-order valence-corrected chi connectivity index (χ3v) is 8.68. The molecule has 3 heterocycles. The Kier molecular flexibility index (Phi) is 7.47. The molecule has 1 aromatic rings. The molecular weight excluding hydrogens is 418 g/mol. The molecule has 174 valence electrons. The van der Waals surface area contributed by atoms with Crippen LogP contribution in [0.4, 0.5) is 0 Å². The molecule has 0 aliphatic carbocycles. The van der Waals surface area contributed by atoms with Crippen molar-refractivity contribution in [1.82, 2.24) is 13.8 Å². The molecule has 9 heteroatoms. The first-order chi connectivity index (χ1) is 14.7. The molecule has 0 saturated carbocycles. The molecule has 1 atom stereocenters. The Morgan fingerprint density at radius 3 is 2.26 bits per heavy atom. The van der Waals surface area contributed by atoms with Crippen molar-refractivity contribution < 1.29 is 22.7 Å². The monoisotopic (exact) mass is 453 g/mol. The second-order valence-corrected chi connectivity index (χ2v) is 10.5. The Morgan fingerprint density at radius 1 is 1.00 bits per heavy atom. The fraction of sp³-hybridized carbons (Fsp3) is 0.727. The molecule has 0 bridgehead atoms. The Hall–Kier alpha value is -1.87. The standard InChI is InChI=1S/C22H35N3O5S/c1-5-30-22(27)19-16(2)23(4)17(3)20(19)31(28,29)25-14-10-11-18(15-25)21(26)24-12-8-6-7-9-13-24/h18H,5-15H2,1-4H3. The van der Waals surface area contributed by atoms with Crippen LogP contribution in [0.5, 0.6) is 0 Å². The minimum Gasteiger partial charge on any atom is -0.462 e. The Balaban J connectivity index is 1.89. The van der Waals surface area contributed by atoms with Crippen molar-refractivity contribution in [2.45, 2.75) is 64.2 Å². The molecule has 2 aliphatic heterocycles. The van der Waals surface area contributed by atoms with Crippen LogP contribution in [0, 0.1) is 19.8 Å². The second-order valence-electron chi connectivity index (χ2n) is 8.60. The lowest BCUT2D eigenvalue weighted by atomic mass is 9.98. The molecule has 0 N–H and O–H groups in total.